The van der Waals surface area contributed by atoms with Crippen molar-refractivity contribution in [3.05, 3.63) is 205 Å². The van der Waals surface area contributed by atoms with E-state index in [1.54, 1.807) is 0 Å². The highest BCUT2D eigenvalue weighted by Crippen LogP contribution is 2.50. The number of benzene rings is 10. The van der Waals surface area contributed by atoms with Crippen molar-refractivity contribution in [3.63, 3.8) is 0 Å². The summed E-state index contributed by atoms with van der Waals surface area (Å²) >= 11 is 0. The Morgan fingerprint density at radius 1 is 0.403 bits per heavy atom. The van der Waals surface area contributed by atoms with E-state index in [0.717, 1.165) is 77.3 Å². The lowest BCUT2D eigenvalue weighted by Gasteiger charge is -2.22. The third-order valence-corrected chi connectivity index (χ3v) is 13.5. The second-order valence-corrected chi connectivity index (χ2v) is 17.3. The molecule has 0 N–H and O–H groups in total. The van der Waals surface area contributed by atoms with Gasteiger partial charge in [-0.2, -0.15) is 0 Å². The Morgan fingerprint density at radius 2 is 1.03 bits per heavy atom. The third kappa shape index (κ3) is 5.12. The van der Waals surface area contributed by atoms with Gasteiger partial charge in [-0.15, -0.1) is 0 Å². The van der Waals surface area contributed by atoms with Crippen molar-refractivity contribution in [3.8, 4) is 55.8 Å². The van der Waals surface area contributed by atoms with E-state index in [-0.39, 0.29) is 5.41 Å². The van der Waals surface area contributed by atoms with E-state index in [1.807, 2.05) is 6.20 Å². The molecule has 12 aromatic rings. The fourth-order valence-corrected chi connectivity index (χ4v) is 10.4. The number of furan rings is 1. The largest absolute Gasteiger partial charge is 0.455 e. The van der Waals surface area contributed by atoms with Gasteiger partial charge in [0.1, 0.15) is 11.2 Å². The minimum Gasteiger partial charge on any atom is -0.455 e. The van der Waals surface area contributed by atoms with Gasteiger partial charge >= 0.3 is 0 Å². The highest BCUT2D eigenvalue weighted by Gasteiger charge is 2.35. The van der Waals surface area contributed by atoms with Crippen molar-refractivity contribution in [2.45, 2.75) is 19.3 Å². The number of hydrogen-bond acceptors (Lipinski definition) is 3. The zero-order chi connectivity index (χ0) is 41.1. The summed E-state index contributed by atoms with van der Waals surface area (Å²) in [6, 6.07) is 68.1. The molecular formula is C59H38N2O. The second-order valence-electron chi connectivity index (χ2n) is 17.3. The molecule has 0 unspecified atom stereocenters. The highest BCUT2D eigenvalue weighted by molar-refractivity contribution is 6.23. The van der Waals surface area contributed by atoms with Gasteiger partial charge in [0.25, 0.3) is 0 Å². The van der Waals surface area contributed by atoms with Crippen LogP contribution < -0.4 is 0 Å². The molecule has 62 heavy (non-hydrogen) atoms. The number of fused-ring (bicyclic) bond motifs is 14. The maximum atomic E-state index is 6.89. The smallest absolute Gasteiger partial charge is 0.143 e. The van der Waals surface area contributed by atoms with Crippen LogP contribution in [0.15, 0.2) is 199 Å². The summed E-state index contributed by atoms with van der Waals surface area (Å²) in [4.78, 5) is 10.4. The Kier molecular flexibility index (Phi) is 7.36. The molecule has 0 spiro atoms. The summed E-state index contributed by atoms with van der Waals surface area (Å²) in [6.45, 7) is 4.70. The van der Waals surface area contributed by atoms with Gasteiger partial charge in [-0.25, -0.2) is 4.98 Å². The van der Waals surface area contributed by atoms with Gasteiger partial charge in [-0.3, -0.25) is 4.98 Å². The van der Waals surface area contributed by atoms with E-state index < -0.39 is 0 Å². The van der Waals surface area contributed by atoms with Crippen LogP contribution in [0.4, 0.5) is 0 Å². The molecule has 0 atom stereocenters. The van der Waals surface area contributed by atoms with Crippen LogP contribution >= 0.6 is 0 Å². The van der Waals surface area contributed by atoms with Crippen LogP contribution in [0, 0.1) is 0 Å². The standard InChI is InChI=1S/C59H38N2O/c1-59(2)51-24-10-9-21-45(51)46-27-25-38(33-52(46)59)41-31-49(58-50(32-41)55-42-18-4-3-13-35(42)26-28-54(55)62-58)39-16-11-14-36(29-39)37-15-12-17-40(30-37)53-34-60-56-47-22-7-5-19-43(47)44-20-6-8-23-48(44)57(56)61-53/h3-34H,1-2H3. The van der Waals surface area contributed by atoms with E-state index in [9.17, 15) is 0 Å². The molecule has 1 aliphatic rings. The summed E-state index contributed by atoms with van der Waals surface area (Å²) in [5.41, 5.74) is 17.6. The van der Waals surface area contributed by atoms with E-state index in [0.29, 0.717) is 0 Å². The van der Waals surface area contributed by atoms with E-state index in [2.05, 4.69) is 202 Å². The van der Waals surface area contributed by atoms with Crippen molar-refractivity contribution in [1.82, 2.24) is 9.97 Å². The molecule has 2 heterocycles. The Morgan fingerprint density at radius 3 is 1.84 bits per heavy atom. The van der Waals surface area contributed by atoms with E-state index >= 15 is 0 Å². The first-order chi connectivity index (χ1) is 30.5. The predicted molar refractivity (Wildman–Crippen MR) is 259 cm³/mol. The van der Waals surface area contributed by atoms with Crippen LogP contribution in [0.25, 0.3) is 121 Å². The lowest BCUT2D eigenvalue weighted by Crippen LogP contribution is -2.14. The van der Waals surface area contributed by atoms with Gasteiger partial charge in [0, 0.05) is 38.1 Å². The molecule has 0 saturated heterocycles. The SMILES string of the molecule is CC1(C)c2ccccc2-c2ccc(-c3cc(-c4cccc(-c5cccc(-c6cnc7c8ccccc8c8ccccc8c7n6)c5)c4)c4oc5ccc6ccccc6c5c4c3)cc21. The van der Waals surface area contributed by atoms with Crippen LogP contribution in [0.2, 0.25) is 0 Å². The summed E-state index contributed by atoms with van der Waals surface area (Å²) in [5.74, 6) is 0. The van der Waals surface area contributed by atoms with E-state index in [1.165, 1.54) is 54.9 Å². The normalized spacial score (nSPS) is 13.1. The lowest BCUT2D eigenvalue weighted by atomic mass is 9.81. The minimum absolute atomic E-state index is 0.100. The minimum atomic E-state index is -0.100. The van der Waals surface area contributed by atoms with Crippen LogP contribution in [-0.4, -0.2) is 9.97 Å². The number of hydrogen-bond donors (Lipinski definition) is 0. The monoisotopic (exact) mass is 790 g/mol. The van der Waals surface area contributed by atoms with Crippen LogP contribution in [-0.2, 0) is 5.41 Å². The first-order valence-corrected chi connectivity index (χ1v) is 21.4. The molecular weight excluding hydrogens is 753 g/mol. The van der Waals surface area contributed by atoms with Crippen LogP contribution in [0.3, 0.4) is 0 Å². The van der Waals surface area contributed by atoms with Gasteiger partial charge in [0.05, 0.1) is 22.9 Å². The van der Waals surface area contributed by atoms with Crippen molar-refractivity contribution in [2.24, 2.45) is 0 Å². The first kappa shape index (κ1) is 34.9. The molecule has 290 valence electrons. The van der Waals surface area contributed by atoms with Crippen molar-refractivity contribution in [1.29, 1.82) is 0 Å². The molecule has 0 radical (unpaired) electrons. The fraction of sp³-hybridized carbons (Fsp3) is 0.0508. The molecule has 2 aromatic heterocycles. The Bertz CT molecular complexity index is 3820. The van der Waals surface area contributed by atoms with E-state index in [4.69, 9.17) is 14.4 Å². The Hall–Kier alpha value is -7.88. The van der Waals surface area contributed by atoms with Crippen LogP contribution in [0.1, 0.15) is 25.0 Å². The summed E-state index contributed by atoms with van der Waals surface area (Å²) < 4.78 is 6.89. The van der Waals surface area contributed by atoms with Gasteiger partial charge in [0.15, 0.2) is 0 Å². The molecule has 3 nitrogen and oxygen atoms in total. The number of nitrogens with zero attached hydrogens (tertiary/aromatic N) is 2. The lowest BCUT2D eigenvalue weighted by molar-refractivity contribution is 0.660. The topological polar surface area (TPSA) is 38.9 Å². The second kappa shape index (κ2) is 13.1. The number of rotatable bonds is 4. The van der Waals surface area contributed by atoms with Crippen molar-refractivity contribution in [2.75, 3.05) is 0 Å². The molecule has 0 saturated carbocycles. The molecule has 0 fully saturated rings. The van der Waals surface area contributed by atoms with Gasteiger partial charge < -0.3 is 4.42 Å². The average Bonchev–Trinajstić information content (AvgIpc) is 3.83. The summed E-state index contributed by atoms with van der Waals surface area (Å²) in [6.07, 6.45) is 1.92. The average molecular weight is 791 g/mol. The van der Waals surface area contributed by atoms with Gasteiger partial charge in [-0.05, 0) is 108 Å². The third-order valence-electron chi connectivity index (χ3n) is 13.5. The highest BCUT2D eigenvalue weighted by atomic mass is 16.3. The molecule has 10 aromatic carbocycles. The Balaban J connectivity index is 0.969. The predicted octanol–water partition coefficient (Wildman–Crippen LogP) is 16.0. The fourth-order valence-electron chi connectivity index (χ4n) is 10.4. The zero-order valence-corrected chi connectivity index (χ0v) is 34.3. The quantitative estimate of drug-likeness (QED) is 0.167. The van der Waals surface area contributed by atoms with Gasteiger partial charge in [-0.1, -0.05) is 166 Å². The van der Waals surface area contributed by atoms with Crippen molar-refractivity contribution < 1.29 is 4.42 Å². The number of aromatic nitrogens is 2. The molecule has 13 rings (SSSR count). The zero-order valence-electron chi connectivity index (χ0n) is 34.3. The molecule has 3 heteroatoms. The summed E-state index contributed by atoms with van der Waals surface area (Å²) in [5, 5.41) is 9.28. The van der Waals surface area contributed by atoms with Crippen LogP contribution in [0.5, 0.6) is 0 Å². The summed E-state index contributed by atoms with van der Waals surface area (Å²) in [7, 11) is 0. The first-order valence-electron chi connectivity index (χ1n) is 21.4. The molecule has 0 bridgehead atoms. The molecule has 0 aliphatic heterocycles. The molecule has 0 amide bonds. The Labute approximate surface area is 358 Å². The maximum Gasteiger partial charge on any atom is 0.143 e. The van der Waals surface area contributed by atoms with Crippen molar-refractivity contribution >= 4 is 65.3 Å². The maximum absolute atomic E-state index is 6.89. The van der Waals surface area contributed by atoms with Gasteiger partial charge in [0.2, 0.25) is 0 Å². The molecule has 1 aliphatic carbocycles.